The minimum atomic E-state index is -3.83. The Morgan fingerprint density at radius 2 is 1.56 bits per heavy atom. The van der Waals surface area contributed by atoms with E-state index in [1.54, 1.807) is 21.0 Å². The Hall–Kier alpha value is -1.53. The van der Waals surface area contributed by atoms with Crippen LogP contribution in [0.3, 0.4) is 0 Å². The monoisotopic (exact) mass is 515 g/mol. The van der Waals surface area contributed by atoms with E-state index in [0.29, 0.717) is 58.1 Å². The Balaban J connectivity index is 1.69. The van der Waals surface area contributed by atoms with Crippen molar-refractivity contribution in [1.82, 2.24) is 13.5 Å². The van der Waals surface area contributed by atoms with Crippen LogP contribution < -0.4 is 0 Å². The summed E-state index contributed by atoms with van der Waals surface area (Å²) in [6.07, 6.45) is 3.09. The number of likely N-dealkylation sites (tertiary alicyclic amines) is 1. The lowest BCUT2D eigenvalue weighted by molar-refractivity contribution is -0.138. The van der Waals surface area contributed by atoms with E-state index in [1.165, 1.54) is 32.9 Å². The Labute approximate surface area is 204 Å². The van der Waals surface area contributed by atoms with Crippen LogP contribution in [0.1, 0.15) is 39.5 Å². The first-order valence-corrected chi connectivity index (χ1v) is 14.9. The van der Waals surface area contributed by atoms with Gasteiger partial charge in [-0.1, -0.05) is 13.8 Å². The number of ether oxygens (including phenoxy) is 1. The highest BCUT2D eigenvalue weighted by molar-refractivity contribution is 7.89. The number of hydrogen-bond acceptors (Lipinski definition) is 6. The van der Waals surface area contributed by atoms with Crippen molar-refractivity contribution in [1.29, 1.82) is 0 Å². The summed E-state index contributed by atoms with van der Waals surface area (Å²) < 4.78 is 59.9. The van der Waals surface area contributed by atoms with E-state index in [4.69, 9.17) is 4.74 Å². The molecule has 0 aliphatic carbocycles. The molecule has 0 N–H and O–H groups in total. The minimum Gasteiger partial charge on any atom is -0.384 e. The van der Waals surface area contributed by atoms with E-state index in [2.05, 4.69) is 0 Å². The van der Waals surface area contributed by atoms with E-state index in [0.717, 1.165) is 12.8 Å². The highest BCUT2D eigenvalue weighted by atomic mass is 32.2. The minimum absolute atomic E-state index is 0.0245. The predicted molar refractivity (Wildman–Crippen MR) is 129 cm³/mol. The molecule has 34 heavy (non-hydrogen) atoms. The van der Waals surface area contributed by atoms with Gasteiger partial charge in [-0.2, -0.15) is 8.61 Å². The third kappa shape index (κ3) is 5.81. The van der Waals surface area contributed by atoms with Gasteiger partial charge in [-0.15, -0.1) is 0 Å². The Bertz CT molecular complexity index is 1030. The molecule has 192 valence electrons. The molecule has 1 aromatic rings. The van der Waals surface area contributed by atoms with Crippen LogP contribution in [-0.4, -0.2) is 89.2 Å². The van der Waals surface area contributed by atoms with Crippen LogP contribution in [0, 0.1) is 11.8 Å². The fourth-order valence-electron chi connectivity index (χ4n) is 4.82. The highest BCUT2D eigenvalue weighted by Crippen LogP contribution is 2.28. The van der Waals surface area contributed by atoms with Crippen molar-refractivity contribution in [2.75, 3.05) is 53.0 Å². The topological polar surface area (TPSA) is 104 Å². The van der Waals surface area contributed by atoms with Gasteiger partial charge in [0.05, 0.1) is 15.7 Å². The van der Waals surface area contributed by atoms with Gasteiger partial charge in [0.1, 0.15) is 0 Å². The molecule has 2 saturated heterocycles. The lowest BCUT2D eigenvalue weighted by Gasteiger charge is -2.37. The van der Waals surface area contributed by atoms with Crippen LogP contribution in [0.4, 0.5) is 0 Å². The molecule has 9 nitrogen and oxygen atoms in total. The number of nitrogens with zero attached hydrogens (tertiary/aromatic N) is 3. The number of hydrogen-bond donors (Lipinski definition) is 0. The van der Waals surface area contributed by atoms with E-state index < -0.39 is 20.0 Å². The smallest absolute Gasteiger partial charge is 0.243 e. The number of carbonyl (C=O) groups is 1. The molecular formula is C23H37N3O6S2. The molecule has 0 radical (unpaired) electrons. The van der Waals surface area contributed by atoms with Crippen molar-refractivity contribution in [3.63, 3.8) is 0 Å². The first-order valence-electron chi connectivity index (χ1n) is 12.0. The van der Waals surface area contributed by atoms with Gasteiger partial charge in [0, 0.05) is 53.0 Å². The summed E-state index contributed by atoms with van der Waals surface area (Å²) in [5, 5.41) is 0. The normalized spacial score (nSPS) is 21.2. The Morgan fingerprint density at radius 3 is 2.12 bits per heavy atom. The average Bonchev–Trinajstić information content (AvgIpc) is 2.85. The molecule has 1 aromatic carbocycles. The van der Waals surface area contributed by atoms with Crippen LogP contribution in [0.5, 0.6) is 0 Å². The second kappa shape index (κ2) is 11.5. The van der Waals surface area contributed by atoms with Gasteiger partial charge in [0.15, 0.2) is 0 Å². The Kier molecular flexibility index (Phi) is 9.13. The summed E-state index contributed by atoms with van der Waals surface area (Å²) in [6, 6.07) is 5.38. The summed E-state index contributed by atoms with van der Waals surface area (Å²) in [5.74, 6) is 0.132. The lowest BCUT2D eigenvalue weighted by Crippen LogP contribution is -2.48. The van der Waals surface area contributed by atoms with Gasteiger partial charge in [-0.3, -0.25) is 4.79 Å². The zero-order chi connectivity index (χ0) is 24.9. The first-order chi connectivity index (χ1) is 16.1. The SMILES string of the molecule is CCN(CC)S(=O)(=O)c1ccc(S(=O)(=O)N2CCC[C@@H](C(=O)N3CCC(COC)CC3)C2)cc1. The molecule has 11 heteroatoms. The molecule has 0 unspecified atom stereocenters. The van der Waals surface area contributed by atoms with E-state index in [-0.39, 0.29) is 28.2 Å². The average molecular weight is 516 g/mol. The molecule has 0 bridgehead atoms. The third-order valence-corrected chi connectivity index (χ3v) is 10.8. The third-order valence-electron chi connectivity index (χ3n) is 6.87. The molecule has 0 aromatic heterocycles. The van der Waals surface area contributed by atoms with Gasteiger partial charge < -0.3 is 9.64 Å². The van der Waals surface area contributed by atoms with Crippen LogP contribution in [0.2, 0.25) is 0 Å². The lowest BCUT2D eigenvalue weighted by atomic mass is 9.94. The molecule has 2 heterocycles. The number of piperidine rings is 2. The first kappa shape index (κ1) is 27.1. The van der Waals surface area contributed by atoms with Crippen molar-refractivity contribution in [2.45, 2.75) is 49.3 Å². The summed E-state index contributed by atoms with van der Waals surface area (Å²) in [4.78, 5) is 15.1. The maximum absolute atomic E-state index is 13.3. The maximum Gasteiger partial charge on any atom is 0.243 e. The number of methoxy groups -OCH3 is 1. The summed E-state index contributed by atoms with van der Waals surface area (Å²) in [6.45, 7) is 6.76. The molecule has 2 aliphatic heterocycles. The molecular weight excluding hydrogens is 478 g/mol. The van der Waals surface area contributed by atoms with E-state index in [1.807, 2.05) is 4.90 Å². The quantitative estimate of drug-likeness (QED) is 0.498. The van der Waals surface area contributed by atoms with Crippen molar-refractivity contribution in [3.05, 3.63) is 24.3 Å². The summed E-state index contributed by atoms with van der Waals surface area (Å²) >= 11 is 0. The number of sulfonamides is 2. The van der Waals surface area contributed by atoms with Crippen LogP contribution in [0.25, 0.3) is 0 Å². The zero-order valence-corrected chi connectivity index (χ0v) is 22.0. The summed E-state index contributed by atoms with van der Waals surface area (Å²) in [5.41, 5.74) is 0. The standard InChI is InChI=1S/C23H37N3O6S2/c1-4-25(5-2)33(28,29)21-8-10-22(11-9-21)34(30,31)26-14-6-7-20(17-26)23(27)24-15-12-19(13-16-24)18-32-3/h8-11,19-20H,4-7,12-18H2,1-3H3/t20-/m1/s1. The maximum atomic E-state index is 13.3. The van der Waals surface area contributed by atoms with Gasteiger partial charge in [-0.25, -0.2) is 16.8 Å². The molecule has 1 atom stereocenters. The van der Waals surface area contributed by atoms with Crippen LogP contribution >= 0.6 is 0 Å². The fraction of sp³-hybridized carbons (Fsp3) is 0.696. The second-order valence-electron chi connectivity index (χ2n) is 8.99. The van der Waals surface area contributed by atoms with Crippen molar-refractivity contribution in [3.8, 4) is 0 Å². The number of carbonyl (C=O) groups excluding carboxylic acids is 1. The largest absolute Gasteiger partial charge is 0.384 e. The summed E-state index contributed by atoms with van der Waals surface area (Å²) in [7, 11) is -5.81. The fourth-order valence-corrected chi connectivity index (χ4v) is 7.80. The van der Waals surface area contributed by atoms with Crippen LogP contribution in [0.15, 0.2) is 34.1 Å². The predicted octanol–water partition coefficient (Wildman–Crippen LogP) is 2.00. The molecule has 0 spiro atoms. The Morgan fingerprint density at radius 1 is 0.971 bits per heavy atom. The van der Waals surface area contributed by atoms with E-state index in [9.17, 15) is 21.6 Å². The number of benzene rings is 1. The van der Waals surface area contributed by atoms with Gasteiger partial charge >= 0.3 is 0 Å². The van der Waals surface area contributed by atoms with E-state index >= 15 is 0 Å². The second-order valence-corrected chi connectivity index (χ2v) is 12.9. The van der Waals surface area contributed by atoms with Gasteiger partial charge in [-0.05, 0) is 55.9 Å². The highest BCUT2D eigenvalue weighted by Gasteiger charge is 2.36. The number of rotatable bonds is 9. The van der Waals surface area contributed by atoms with Crippen molar-refractivity contribution in [2.24, 2.45) is 11.8 Å². The molecule has 2 fully saturated rings. The van der Waals surface area contributed by atoms with Crippen LogP contribution in [-0.2, 0) is 29.6 Å². The molecule has 0 saturated carbocycles. The molecule has 2 aliphatic rings. The van der Waals surface area contributed by atoms with Crippen molar-refractivity contribution < 1.29 is 26.4 Å². The number of amides is 1. The molecule has 3 rings (SSSR count). The molecule has 1 amide bonds. The van der Waals surface area contributed by atoms with Gasteiger partial charge in [0.2, 0.25) is 26.0 Å². The van der Waals surface area contributed by atoms with Crippen molar-refractivity contribution >= 4 is 26.0 Å². The zero-order valence-electron chi connectivity index (χ0n) is 20.3. The van der Waals surface area contributed by atoms with Gasteiger partial charge in [0.25, 0.3) is 0 Å².